The molecule has 2 fully saturated rings. The third kappa shape index (κ3) is 2.45. The Morgan fingerprint density at radius 1 is 0.921 bits per heavy atom. The molecule has 2 spiro atoms. The largest absolute Gasteiger partial charge is 0.454 e. The van der Waals surface area contributed by atoms with Crippen molar-refractivity contribution in [1.82, 2.24) is 0 Å². The number of Topliss-reactive ketones (excluding diaryl/α,β-unsaturated/α-hetero) is 1. The van der Waals surface area contributed by atoms with E-state index in [-0.39, 0.29) is 23.2 Å². The smallest absolute Gasteiger partial charge is 0.231 e. The number of hydrogen-bond donors (Lipinski definition) is 0. The monoisotopic (exact) mass is 508 g/mol. The maximum absolute atomic E-state index is 14.9. The molecule has 5 aliphatic rings. The number of pyridine rings is 1. The van der Waals surface area contributed by atoms with Gasteiger partial charge in [-0.3, -0.25) is 4.79 Å². The molecule has 3 heterocycles. The van der Waals surface area contributed by atoms with Crippen LogP contribution in [-0.4, -0.2) is 12.6 Å². The van der Waals surface area contributed by atoms with Crippen LogP contribution in [0.15, 0.2) is 31.0 Å². The van der Waals surface area contributed by atoms with E-state index in [9.17, 15) is 4.79 Å². The third-order valence-electron chi connectivity index (χ3n) is 11.4. The van der Waals surface area contributed by atoms with Gasteiger partial charge in [-0.05, 0) is 48.8 Å². The standard InChI is InChI=1S/C34H38NO3/c1-4-34(5-2)21(3)26-27-22(18-25-30(26)38-20-37-25)12-13-23-28-24(19-35(34)29(23)27)32(14-8-6-9-15-32)31(36)33(28)16-10-7-11-17-33/h12-13,18-19H,3-11,14-17,20H2,1-2H3/q+1. The van der Waals surface area contributed by atoms with E-state index in [1.165, 1.54) is 45.6 Å². The van der Waals surface area contributed by atoms with Crippen LogP contribution in [0, 0.1) is 0 Å². The average molecular weight is 509 g/mol. The molecule has 4 heteroatoms. The van der Waals surface area contributed by atoms with E-state index >= 15 is 0 Å². The van der Waals surface area contributed by atoms with E-state index in [0.29, 0.717) is 5.78 Å². The first-order valence-corrected chi connectivity index (χ1v) is 15.1. The Bertz CT molecular complexity index is 1560. The van der Waals surface area contributed by atoms with Crippen LogP contribution < -0.4 is 14.0 Å². The molecule has 0 radical (unpaired) electrons. The van der Waals surface area contributed by atoms with Crippen molar-refractivity contribution in [1.29, 1.82) is 0 Å². The molecule has 3 aromatic rings. The lowest BCUT2D eigenvalue weighted by molar-refractivity contribution is -0.727. The van der Waals surface area contributed by atoms with E-state index in [4.69, 9.17) is 16.1 Å². The number of fused-ring (bicyclic) bond motifs is 6. The van der Waals surface area contributed by atoms with Crippen molar-refractivity contribution in [2.75, 3.05) is 6.79 Å². The number of ketones is 1. The molecule has 8 rings (SSSR count). The van der Waals surface area contributed by atoms with Crippen LogP contribution in [0.25, 0.3) is 27.2 Å². The highest BCUT2D eigenvalue weighted by Crippen LogP contribution is 2.61. The van der Waals surface area contributed by atoms with E-state index in [1.807, 2.05) is 0 Å². The minimum absolute atomic E-state index is 0.255. The van der Waals surface area contributed by atoms with Gasteiger partial charge in [-0.15, -0.1) is 0 Å². The van der Waals surface area contributed by atoms with Crippen LogP contribution in [0.1, 0.15) is 108 Å². The lowest BCUT2D eigenvalue weighted by Crippen LogP contribution is -2.58. The molecule has 2 aromatic carbocycles. The van der Waals surface area contributed by atoms with Gasteiger partial charge in [-0.25, -0.2) is 0 Å². The molecule has 4 nitrogen and oxygen atoms in total. The number of benzene rings is 2. The van der Waals surface area contributed by atoms with Gasteiger partial charge in [-0.2, -0.15) is 4.57 Å². The summed E-state index contributed by atoms with van der Waals surface area (Å²) in [5.74, 6) is 2.23. The Hall–Kier alpha value is -2.88. The average Bonchev–Trinajstić information content (AvgIpc) is 3.50. The molecule has 0 saturated heterocycles. The van der Waals surface area contributed by atoms with Gasteiger partial charge in [0.1, 0.15) is 0 Å². The van der Waals surface area contributed by atoms with Crippen molar-refractivity contribution >= 4 is 33.0 Å². The molecule has 0 atom stereocenters. The minimum atomic E-state index is -0.330. The van der Waals surface area contributed by atoms with Crippen LogP contribution >= 0.6 is 0 Å². The van der Waals surface area contributed by atoms with Crippen LogP contribution in [0.2, 0.25) is 0 Å². The van der Waals surface area contributed by atoms with Crippen molar-refractivity contribution in [3.8, 4) is 11.5 Å². The number of carbonyl (C=O) groups excluding carboxylic acids is 1. The summed E-state index contributed by atoms with van der Waals surface area (Å²) in [5, 5.41) is 3.69. The summed E-state index contributed by atoms with van der Waals surface area (Å²) >= 11 is 0. The Balaban J connectivity index is 1.58. The van der Waals surface area contributed by atoms with Gasteiger partial charge in [0.05, 0.1) is 21.6 Å². The second kappa shape index (κ2) is 7.61. The third-order valence-corrected chi connectivity index (χ3v) is 11.4. The van der Waals surface area contributed by atoms with Crippen molar-refractivity contribution in [3.05, 3.63) is 47.7 Å². The summed E-state index contributed by atoms with van der Waals surface area (Å²) in [6.45, 7) is 9.60. The van der Waals surface area contributed by atoms with E-state index in [2.05, 4.69) is 42.8 Å². The number of hydrogen-bond acceptors (Lipinski definition) is 3. The second-order valence-corrected chi connectivity index (χ2v) is 12.7. The fourth-order valence-electron chi connectivity index (χ4n) is 9.57. The molecule has 0 N–H and O–H groups in total. The Morgan fingerprint density at radius 2 is 1.61 bits per heavy atom. The predicted octanol–water partition coefficient (Wildman–Crippen LogP) is 7.54. The molecule has 38 heavy (non-hydrogen) atoms. The predicted molar refractivity (Wildman–Crippen MR) is 150 cm³/mol. The van der Waals surface area contributed by atoms with Crippen LogP contribution in [-0.2, 0) is 21.2 Å². The van der Waals surface area contributed by atoms with Gasteiger partial charge >= 0.3 is 0 Å². The zero-order valence-corrected chi connectivity index (χ0v) is 22.9. The normalized spacial score (nSPS) is 23.7. The first kappa shape index (κ1) is 23.0. The number of aromatic nitrogens is 1. The van der Waals surface area contributed by atoms with Gasteiger partial charge in [0.15, 0.2) is 29.0 Å². The number of allylic oxidation sites excluding steroid dienone is 1. The highest BCUT2D eigenvalue weighted by molar-refractivity contribution is 6.16. The zero-order chi connectivity index (χ0) is 25.9. The molecule has 2 saturated carbocycles. The first-order chi connectivity index (χ1) is 18.5. The zero-order valence-electron chi connectivity index (χ0n) is 22.9. The topological polar surface area (TPSA) is 39.4 Å². The summed E-state index contributed by atoms with van der Waals surface area (Å²) in [7, 11) is 0. The summed E-state index contributed by atoms with van der Waals surface area (Å²) < 4.78 is 14.6. The fraction of sp³-hybridized carbons (Fsp3) is 0.529. The van der Waals surface area contributed by atoms with E-state index in [0.717, 1.165) is 86.8 Å². The maximum Gasteiger partial charge on any atom is 0.231 e. The Kier molecular flexibility index (Phi) is 4.62. The fourth-order valence-corrected chi connectivity index (χ4v) is 9.57. The van der Waals surface area contributed by atoms with Crippen LogP contribution in [0.4, 0.5) is 0 Å². The summed E-state index contributed by atoms with van der Waals surface area (Å²) in [5.41, 5.74) is 5.35. The Morgan fingerprint density at radius 3 is 2.29 bits per heavy atom. The minimum Gasteiger partial charge on any atom is -0.454 e. The number of nitrogens with zero attached hydrogens (tertiary/aromatic N) is 1. The number of carbonyl (C=O) groups is 1. The molecule has 0 amide bonds. The SMILES string of the molecule is C=C1c2c3c(cc4ccc5c6c(c[n+](c5c24)C1(CC)CC)C1(CCCCC1)C(=O)C61CCCCC1)OCO3. The summed E-state index contributed by atoms with van der Waals surface area (Å²) in [6, 6.07) is 6.74. The first-order valence-electron chi connectivity index (χ1n) is 15.1. The molecular formula is C34H38NO3+. The highest BCUT2D eigenvalue weighted by atomic mass is 16.7. The van der Waals surface area contributed by atoms with E-state index < -0.39 is 0 Å². The summed E-state index contributed by atoms with van der Waals surface area (Å²) in [6.07, 6.45) is 15.5. The Labute approximate surface area is 225 Å². The van der Waals surface area contributed by atoms with Gasteiger partial charge < -0.3 is 9.47 Å². The molecule has 1 aromatic heterocycles. The molecule has 3 aliphatic carbocycles. The van der Waals surface area contributed by atoms with Gasteiger partial charge in [0.25, 0.3) is 0 Å². The molecule has 196 valence electrons. The molecule has 2 aliphatic heterocycles. The van der Waals surface area contributed by atoms with Crippen molar-refractivity contribution < 1.29 is 18.8 Å². The number of rotatable bonds is 2. The van der Waals surface area contributed by atoms with Crippen LogP contribution in [0.3, 0.4) is 0 Å². The van der Waals surface area contributed by atoms with Gasteiger partial charge in [0, 0.05) is 29.5 Å². The second-order valence-electron chi connectivity index (χ2n) is 12.7. The van der Waals surface area contributed by atoms with Crippen molar-refractivity contribution in [3.63, 3.8) is 0 Å². The van der Waals surface area contributed by atoms with Crippen molar-refractivity contribution in [2.24, 2.45) is 0 Å². The van der Waals surface area contributed by atoms with Gasteiger partial charge in [0.2, 0.25) is 12.3 Å². The number of ether oxygens (including phenoxy) is 2. The quantitative estimate of drug-likeness (QED) is 0.265. The maximum atomic E-state index is 14.9. The van der Waals surface area contributed by atoms with Gasteiger partial charge in [-0.1, -0.05) is 65.0 Å². The van der Waals surface area contributed by atoms with E-state index in [1.54, 1.807) is 0 Å². The highest BCUT2D eigenvalue weighted by Gasteiger charge is 2.63. The lowest BCUT2D eigenvalue weighted by atomic mass is 9.63. The molecular weight excluding hydrogens is 470 g/mol. The molecule has 0 bridgehead atoms. The summed E-state index contributed by atoms with van der Waals surface area (Å²) in [4.78, 5) is 14.9. The lowest BCUT2D eigenvalue weighted by Gasteiger charge is -2.37. The molecule has 0 unspecified atom stereocenters. The van der Waals surface area contributed by atoms with Crippen molar-refractivity contribution in [2.45, 2.75) is 107 Å². The van der Waals surface area contributed by atoms with Crippen LogP contribution in [0.5, 0.6) is 11.5 Å².